The van der Waals surface area contributed by atoms with Crippen LogP contribution in [0.1, 0.15) is 35.4 Å². The highest BCUT2D eigenvalue weighted by Gasteiger charge is 2.37. The van der Waals surface area contributed by atoms with Crippen LogP contribution in [0.4, 0.5) is 0 Å². The summed E-state index contributed by atoms with van der Waals surface area (Å²) in [5, 5.41) is 10.8. The van der Waals surface area contributed by atoms with Crippen molar-refractivity contribution in [3.63, 3.8) is 0 Å². The van der Waals surface area contributed by atoms with Gasteiger partial charge in [0, 0.05) is 35.5 Å². The Kier molecular flexibility index (Phi) is 5.46. The van der Waals surface area contributed by atoms with Gasteiger partial charge in [0.2, 0.25) is 0 Å². The van der Waals surface area contributed by atoms with Crippen molar-refractivity contribution in [2.24, 2.45) is 5.92 Å². The third-order valence-corrected chi connectivity index (χ3v) is 5.80. The van der Waals surface area contributed by atoms with Gasteiger partial charge in [0.15, 0.2) is 0 Å². The van der Waals surface area contributed by atoms with Crippen LogP contribution in [0.2, 0.25) is 0 Å². The summed E-state index contributed by atoms with van der Waals surface area (Å²) in [7, 11) is 0. The zero-order chi connectivity index (χ0) is 21.9. The minimum absolute atomic E-state index is 0.0195. The van der Waals surface area contributed by atoms with Gasteiger partial charge in [0.25, 0.3) is 0 Å². The average molecular weight is 425 g/mol. The van der Waals surface area contributed by atoms with E-state index in [9.17, 15) is 9.90 Å². The number of hydrogen-bond donors (Lipinski definition) is 1. The maximum Gasteiger partial charge on any atom is 0.343 e. The summed E-state index contributed by atoms with van der Waals surface area (Å²) < 4.78 is 11.4. The molecule has 1 saturated carbocycles. The first-order valence-corrected chi connectivity index (χ1v) is 10.7. The van der Waals surface area contributed by atoms with Crippen molar-refractivity contribution >= 4 is 0 Å². The average Bonchev–Trinajstić information content (AvgIpc) is 3.67. The van der Waals surface area contributed by atoms with Gasteiger partial charge in [-0.05, 0) is 54.7 Å². The topological polar surface area (TPSA) is 72.6 Å². The lowest BCUT2D eigenvalue weighted by atomic mass is 9.87. The number of aromatic nitrogens is 1. The van der Waals surface area contributed by atoms with Crippen LogP contribution in [-0.2, 0) is 6.61 Å². The molecule has 1 fully saturated rings. The Morgan fingerprint density at radius 3 is 2.47 bits per heavy atom. The largest absolute Gasteiger partial charge is 0.507 e. The molecule has 4 aromatic rings. The lowest BCUT2D eigenvalue weighted by Crippen LogP contribution is -2.16. The van der Waals surface area contributed by atoms with Crippen LogP contribution in [0.3, 0.4) is 0 Å². The van der Waals surface area contributed by atoms with E-state index < -0.39 is 5.63 Å². The number of rotatable bonds is 7. The molecule has 32 heavy (non-hydrogen) atoms. The number of aromatic hydroxyl groups is 1. The van der Waals surface area contributed by atoms with E-state index in [1.165, 1.54) is 0 Å². The molecule has 2 aromatic heterocycles. The molecule has 1 aliphatic carbocycles. The predicted molar refractivity (Wildman–Crippen MR) is 122 cm³/mol. The molecular weight excluding hydrogens is 402 g/mol. The van der Waals surface area contributed by atoms with Crippen molar-refractivity contribution in [1.82, 2.24) is 4.98 Å². The van der Waals surface area contributed by atoms with E-state index in [-0.39, 0.29) is 11.7 Å². The van der Waals surface area contributed by atoms with Gasteiger partial charge in [0.05, 0.1) is 5.56 Å². The molecule has 2 heterocycles. The molecule has 0 spiro atoms. The van der Waals surface area contributed by atoms with Crippen molar-refractivity contribution in [3.05, 3.63) is 112 Å². The molecule has 1 aliphatic rings. The molecule has 2 aromatic carbocycles. The third-order valence-electron chi connectivity index (χ3n) is 5.80. The van der Waals surface area contributed by atoms with Gasteiger partial charge < -0.3 is 14.3 Å². The zero-order valence-electron chi connectivity index (χ0n) is 17.5. The molecule has 0 bridgehead atoms. The number of benzene rings is 2. The Hall–Kier alpha value is -3.86. The van der Waals surface area contributed by atoms with Gasteiger partial charge >= 0.3 is 5.63 Å². The highest BCUT2D eigenvalue weighted by Crippen LogP contribution is 2.47. The fourth-order valence-corrected chi connectivity index (χ4v) is 4.05. The van der Waals surface area contributed by atoms with Crippen LogP contribution in [0.5, 0.6) is 11.5 Å². The van der Waals surface area contributed by atoms with Gasteiger partial charge in [-0.3, -0.25) is 4.98 Å². The highest BCUT2D eigenvalue weighted by molar-refractivity contribution is 5.61. The minimum Gasteiger partial charge on any atom is -0.507 e. The van der Waals surface area contributed by atoms with Crippen molar-refractivity contribution in [3.8, 4) is 22.8 Å². The maximum atomic E-state index is 13.0. The Labute approximate surface area is 186 Å². The summed E-state index contributed by atoms with van der Waals surface area (Å²) in [6.45, 7) is 0.416. The SMILES string of the molecule is O=c1oc(-c2ccc(OCc3cccnc3)cc2)cc(O)c1C(c1ccccc1)C1CC1. The van der Waals surface area contributed by atoms with E-state index >= 15 is 0 Å². The quantitative estimate of drug-likeness (QED) is 0.422. The molecule has 0 aliphatic heterocycles. The van der Waals surface area contributed by atoms with Crippen LogP contribution < -0.4 is 10.4 Å². The molecule has 5 heteroatoms. The van der Waals surface area contributed by atoms with E-state index in [0.29, 0.717) is 35.2 Å². The number of pyridine rings is 1. The van der Waals surface area contributed by atoms with E-state index in [0.717, 1.165) is 24.0 Å². The fourth-order valence-electron chi connectivity index (χ4n) is 4.05. The van der Waals surface area contributed by atoms with Crippen molar-refractivity contribution in [2.75, 3.05) is 0 Å². The highest BCUT2D eigenvalue weighted by atomic mass is 16.5. The molecule has 1 atom stereocenters. The monoisotopic (exact) mass is 425 g/mol. The summed E-state index contributed by atoms with van der Waals surface area (Å²) in [4.78, 5) is 17.0. The second-order valence-corrected chi connectivity index (χ2v) is 8.10. The molecule has 1 unspecified atom stereocenters. The van der Waals surface area contributed by atoms with Gasteiger partial charge in [-0.15, -0.1) is 0 Å². The summed E-state index contributed by atoms with van der Waals surface area (Å²) in [5.74, 6) is 1.21. The molecule has 5 nitrogen and oxygen atoms in total. The van der Waals surface area contributed by atoms with Crippen molar-refractivity contribution < 1.29 is 14.3 Å². The summed E-state index contributed by atoms with van der Waals surface area (Å²) in [6.07, 6.45) is 5.57. The standard InChI is InChI=1S/C27H23NO4/c29-23-15-24(19-10-12-22(13-11-19)31-17-18-5-4-14-28-16-18)32-27(30)26(23)25(21-8-9-21)20-6-2-1-3-7-20/h1-7,10-16,21,25,29H,8-9,17H2. The van der Waals surface area contributed by atoms with Gasteiger partial charge in [-0.2, -0.15) is 0 Å². The molecule has 160 valence electrons. The van der Waals surface area contributed by atoms with Crippen LogP contribution in [0, 0.1) is 5.92 Å². The Bertz CT molecular complexity index is 1250. The van der Waals surface area contributed by atoms with Crippen LogP contribution in [0.25, 0.3) is 11.3 Å². The van der Waals surface area contributed by atoms with E-state index in [2.05, 4.69) is 4.98 Å². The van der Waals surface area contributed by atoms with Crippen molar-refractivity contribution in [2.45, 2.75) is 25.4 Å². The Balaban J connectivity index is 1.39. The molecule has 0 saturated heterocycles. The summed E-state index contributed by atoms with van der Waals surface area (Å²) >= 11 is 0. The van der Waals surface area contributed by atoms with Crippen LogP contribution >= 0.6 is 0 Å². The summed E-state index contributed by atoms with van der Waals surface area (Å²) in [6, 6.07) is 22.5. The zero-order valence-corrected chi connectivity index (χ0v) is 17.5. The van der Waals surface area contributed by atoms with Gasteiger partial charge in [-0.25, -0.2) is 4.79 Å². The van der Waals surface area contributed by atoms with E-state index in [4.69, 9.17) is 9.15 Å². The normalized spacial score (nSPS) is 14.1. The first kappa shape index (κ1) is 20.1. The van der Waals surface area contributed by atoms with E-state index in [1.807, 2.05) is 66.7 Å². The lowest BCUT2D eigenvalue weighted by Gasteiger charge is -2.17. The van der Waals surface area contributed by atoms with Crippen molar-refractivity contribution in [1.29, 1.82) is 0 Å². The first-order valence-electron chi connectivity index (χ1n) is 10.7. The Morgan fingerprint density at radius 2 is 1.81 bits per heavy atom. The van der Waals surface area contributed by atoms with Crippen LogP contribution in [0.15, 0.2) is 94.4 Å². The number of nitrogens with zero attached hydrogens (tertiary/aromatic N) is 1. The minimum atomic E-state index is -0.488. The molecule has 0 radical (unpaired) electrons. The lowest BCUT2D eigenvalue weighted by molar-refractivity contribution is 0.306. The number of ether oxygens (including phenoxy) is 1. The maximum absolute atomic E-state index is 13.0. The molecular formula is C27H23NO4. The number of hydrogen-bond acceptors (Lipinski definition) is 5. The van der Waals surface area contributed by atoms with Gasteiger partial charge in [-0.1, -0.05) is 36.4 Å². The van der Waals surface area contributed by atoms with Crippen LogP contribution in [-0.4, -0.2) is 10.1 Å². The Morgan fingerprint density at radius 1 is 1.03 bits per heavy atom. The van der Waals surface area contributed by atoms with E-state index in [1.54, 1.807) is 18.5 Å². The van der Waals surface area contributed by atoms with Gasteiger partial charge in [0.1, 0.15) is 23.9 Å². The molecule has 0 amide bonds. The first-order chi connectivity index (χ1) is 15.7. The second-order valence-electron chi connectivity index (χ2n) is 8.10. The molecule has 1 N–H and O–H groups in total. The predicted octanol–water partition coefficient (Wildman–Crippen LogP) is 5.53. The molecule has 5 rings (SSSR count). The second kappa shape index (κ2) is 8.71. The summed E-state index contributed by atoms with van der Waals surface area (Å²) in [5.41, 5.74) is 2.56. The smallest absolute Gasteiger partial charge is 0.343 e. The third kappa shape index (κ3) is 4.28. The fraction of sp³-hybridized carbons (Fsp3) is 0.185.